The average Bonchev–Trinajstić information content (AvgIpc) is 3.02. The zero-order chi connectivity index (χ0) is 17.4. The highest BCUT2D eigenvalue weighted by Gasteiger charge is 2.18. The molecule has 2 heterocycles. The van der Waals surface area contributed by atoms with Crippen LogP contribution in [0.2, 0.25) is 0 Å². The van der Waals surface area contributed by atoms with E-state index >= 15 is 0 Å². The second-order valence-corrected chi connectivity index (χ2v) is 5.65. The lowest BCUT2D eigenvalue weighted by atomic mass is 10.0. The Morgan fingerprint density at radius 2 is 1.84 bits per heavy atom. The van der Waals surface area contributed by atoms with Gasteiger partial charge < -0.3 is 4.74 Å². The molecular weight excluding hydrogens is 319 g/mol. The molecule has 6 heteroatoms. The lowest BCUT2D eigenvalue weighted by Crippen LogP contribution is -1.92. The number of methoxy groups -OCH3 is 1. The molecule has 124 valence electrons. The van der Waals surface area contributed by atoms with Crippen molar-refractivity contribution >= 4 is 10.9 Å². The summed E-state index contributed by atoms with van der Waals surface area (Å²) in [5.41, 5.74) is 3.21. The molecule has 0 amide bonds. The highest BCUT2D eigenvalue weighted by atomic mass is 19.1. The van der Waals surface area contributed by atoms with Gasteiger partial charge in [0, 0.05) is 35.8 Å². The van der Waals surface area contributed by atoms with Gasteiger partial charge in [0.05, 0.1) is 18.3 Å². The first kappa shape index (κ1) is 15.3. The normalized spacial score (nSPS) is 11.0. The van der Waals surface area contributed by atoms with Gasteiger partial charge >= 0.3 is 0 Å². The molecule has 0 aliphatic heterocycles. The Morgan fingerprint density at radius 1 is 1.00 bits per heavy atom. The van der Waals surface area contributed by atoms with Crippen molar-refractivity contribution in [3.63, 3.8) is 0 Å². The van der Waals surface area contributed by atoms with E-state index < -0.39 is 0 Å². The van der Waals surface area contributed by atoms with Gasteiger partial charge in [-0.2, -0.15) is 5.10 Å². The fraction of sp³-hybridized carbons (Fsp3) is 0.105. The molecular formula is C19H15FN4O. The number of hydrogen-bond donors (Lipinski definition) is 0. The first-order chi connectivity index (χ1) is 12.2. The highest BCUT2D eigenvalue weighted by Crippen LogP contribution is 2.35. The van der Waals surface area contributed by atoms with Gasteiger partial charge in [-0.3, -0.25) is 4.68 Å². The van der Waals surface area contributed by atoms with Crippen LogP contribution < -0.4 is 4.74 Å². The van der Waals surface area contributed by atoms with E-state index in [4.69, 9.17) is 4.74 Å². The molecule has 0 unspecified atom stereocenters. The summed E-state index contributed by atoms with van der Waals surface area (Å²) >= 11 is 0. The van der Waals surface area contributed by atoms with Crippen LogP contribution in [0.5, 0.6) is 5.75 Å². The summed E-state index contributed by atoms with van der Waals surface area (Å²) in [7, 11) is 3.42. The summed E-state index contributed by atoms with van der Waals surface area (Å²) in [6.07, 6.45) is 3.34. The van der Waals surface area contributed by atoms with Crippen LogP contribution in [0.1, 0.15) is 0 Å². The molecule has 0 saturated heterocycles. The SMILES string of the molecule is COc1ccc2c(-c3cn(C)nc3-c3ccccc3F)ncnc2c1. The van der Waals surface area contributed by atoms with E-state index in [0.717, 1.165) is 22.2 Å². The Kier molecular flexibility index (Phi) is 3.65. The minimum absolute atomic E-state index is 0.317. The topological polar surface area (TPSA) is 52.8 Å². The first-order valence-electron chi connectivity index (χ1n) is 7.75. The summed E-state index contributed by atoms with van der Waals surface area (Å²) in [5, 5.41) is 5.31. The molecule has 4 rings (SSSR count). The Balaban J connectivity index is 1.98. The molecule has 5 nitrogen and oxygen atoms in total. The van der Waals surface area contributed by atoms with Crippen molar-refractivity contribution in [2.75, 3.05) is 7.11 Å². The van der Waals surface area contributed by atoms with Gasteiger partial charge in [0.15, 0.2) is 0 Å². The third-order valence-corrected chi connectivity index (χ3v) is 4.06. The predicted octanol–water partition coefficient (Wildman–Crippen LogP) is 3.85. The predicted molar refractivity (Wildman–Crippen MR) is 93.7 cm³/mol. The summed E-state index contributed by atoms with van der Waals surface area (Å²) in [5.74, 6) is 0.403. The Hall–Kier alpha value is -3.28. The van der Waals surface area contributed by atoms with E-state index in [1.165, 1.54) is 12.4 Å². The van der Waals surface area contributed by atoms with Crippen LogP contribution in [0.3, 0.4) is 0 Å². The minimum Gasteiger partial charge on any atom is -0.497 e. The highest BCUT2D eigenvalue weighted by molar-refractivity contribution is 5.96. The van der Waals surface area contributed by atoms with Crippen molar-refractivity contribution in [1.82, 2.24) is 19.7 Å². The second kappa shape index (κ2) is 5.98. The van der Waals surface area contributed by atoms with Gasteiger partial charge in [-0.25, -0.2) is 14.4 Å². The zero-order valence-corrected chi connectivity index (χ0v) is 13.8. The quantitative estimate of drug-likeness (QED) is 0.571. The van der Waals surface area contributed by atoms with Crippen molar-refractivity contribution in [2.24, 2.45) is 7.05 Å². The van der Waals surface area contributed by atoms with Crippen LogP contribution in [-0.4, -0.2) is 26.9 Å². The van der Waals surface area contributed by atoms with Crippen molar-refractivity contribution in [3.05, 3.63) is 60.8 Å². The number of benzene rings is 2. The Labute approximate surface area is 143 Å². The van der Waals surface area contributed by atoms with E-state index in [1.54, 1.807) is 37.0 Å². The number of aromatic nitrogens is 4. The van der Waals surface area contributed by atoms with Crippen LogP contribution in [0.25, 0.3) is 33.4 Å². The fourth-order valence-corrected chi connectivity index (χ4v) is 2.89. The summed E-state index contributed by atoms with van der Waals surface area (Å²) in [6.45, 7) is 0. The van der Waals surface area contributed by atoms with Crippen LogP contribution in [0.4, 0.5) is 4.39 Å². The molecule has 4 aromatic rings. The van der Waals surface area contributed by atoms with Gasteiger partial charge in [-0.15, -0.1) is 0 Å². The molecule has 0 atom stereocenters. The monoisotopic (exact) mass is 334 g/mol. The number of hydrogen-bond acceptors (Lipinski definition) is 4. The van der Waals surface area contributed by atoms with E-state index in [-0.39, 0.29) is 5.82 Å². The van der Waals surface area contributed by atoms with Crippen LogP contribution in [-0.2, 0) is 7.05 Å². The molecule has 0 spiro atoms. The Bertz CT molecular complexity index is 1070. The van der Waals surface area contributed by atoms with Crippen LogP contribution in [0.15, 0.2) is 55.0 Å². The number of rotatable bonds is 3. The van der Waals surface area contributed by atoms with E-state index in [2.05, 4.69) is 15.1 Å². The second-order valence-electron chi connectivity index (χ2n) is 5.65. The summed E-state index contributed by atoms with van der Waals surface area (Å²) < 4.78 is 21.2. The maximum absolute atomic E-state index is 14.3. The molecule has 0 bridgehead atoms. The van der Waals surface area contributed by atoms with Crippen LogP contribution in [0, 0.1) is 5.82 Å². The third-order valence-electron chi connectivity index (χ3n) is 4.06. The first-order valence-corrected chi connectivity index (χ1v) is 7.75. The van der Waals surface area contributed by atoms with Gasteiger partial charge in [0.2, 0.25) is 0 Å². The van der Waals surface area contributed by atoms with Crippen LogP contribution >= 0.6 is 0 Å². The summed E-state index contributed by atoms with van der Waals surface area (Å²) in [4.78, 5) is 8.74. The maximum atomic E-state index is 14.3. The molecule has 25 heavy (non-hydrogen) atoms. The van der Waals surface area contributed by atoms with E-state index in [0.29, 0.717) is 17.0 Å². The molecule has 0 aliphatic rings. The zero-order valence-electron chi connectivity index (χ0n) is 13.8. The van der Waals surface area contributed by atoms with Gasteiger partial charge in [0.1, 0.15) is 23.6 Å². The Morgan fingerprint density at radius 3 is 2.64 bits per heavy atom. The van der Waals surface area contributed by atoms with Crippen molar-refractivity contribution in [2.45, 2.75) is 0 Å². The number of nitrogens with zero attached hydrogens (tertiary/aromatic N) is 4. The molecule has 0 fully saturated rings. The smallest absolute Gasteiger partial charge is 0.132 e. The van der Waals surface area contributed by atoms with Crippen molar-refractivity contribution < 1.29 is 9.13 Å². The third kappa shape index (κ3) is 2.61. The van der Waals surface area contributed by atoms with E-state index in [1.807, 2.05) is 24.4 Å². The summed E-state index contributed by atoms with van der Waals surface area (Å²) in [6, 6.07) is 12.2. The molecule has 2 aromatic heterocycles. The number of ether oxygens (including phenoxy) is 1. The van der Waals surface area contributed by atoms with Gasteiger partial charge in [-0.05, 0) is 24.3 Å². The molecule has 2 aromatic carbocycles. The van der Waals surface area contributed by atoms with Crippen molar-refractivity contribution in [3.8, 4) is 28.3 Å². The number of aryl methyl sites for hydroxylation is 1. The maximum Gasteiger partial charge on any atom is 0.132 e. The van der Waals surface area contributed by atoms with E-state index in [9.17, 15) is 4.39 Å². The largest absolute Gasteiger partial charge is 0.497 e. The standard InChI is InChI=1S/C19H15FN4O/c1-24-10-15(19(23-24)13-5-3-4-6-16(13)20)18-14-8-7-12(25-2)9-17(14)21-11-22-18/h3-11H,1-2H3. The number of fused-ring (bicyclic) bond motifs is 1. The average molecular weight is 334 g/mol. The molecule has 0 N–H and O–H groups in total. The van der Waals surface area contributed by atoms with Gasteiger partial charge in [-0.1, -0.05) is 12.1 Å². The minimum atomic E-state index is -0.317. The molecule has 0 saturated carbocycles. The van der Waals surface area contributed by atoms with Gasteiger partial charge in [0.25, 0.3) is 0 Å². The lowest BCUT2D eigenvalue weighted by Gasteiger charge is -2.07. The molecule has 0 aliphatic carbocycles. The lowest BCUT2D eigenvalue weighted by molar-refractivity contribution is 0.415. The van der Waals surface area contributed by atoms with Crippen molar-refractivity contribution in [1.29, 1.82) is 0 Å². The number of halogens is 1. The fourth-order valence-electron chi connectivity index (χ4n) is 2.89. The molecule has 0 radical (unpaired) electrons.